The number of aryl methyl sites for hydroxylation is 1. The molecule has 2 aromatic rings. The van der Waals surface area contributed by atoms with E-state index >= 15 is 0 Å². The molecule has 8 heteroatoms. The molecule has 2 heterocycles. The van der Waals surface area contributed by atoms with Gasteiger partial charge in [-0.2, -0.15) is 5.10 Å². The number of hydroxylamine groups is 2. The fraction of sp³-hybridized carbons (Fsp3) is 0.143. The predicted molar refractivity (Wildman–Crippen MR) is 72.1 cm³/mol. The highest BCUT2D eigenvalue weighted by Gasteiger charge is 2.39. The maximum absolute atomic E-state index is 12.1. The van der Waals surface area contributed by atoms with Crippen LogP contribution in [0.25, 0.3) is 0 Å². The minimum Gasteiger partial charge on any atom is -0.481 e. The maximum Gasteiger partial charge on any atom is 0.384 e. The van der Waals surface area contributed by atoms with Crippen molar-refractivity contribution in [1.82, 2.24) is 14.8 Å². The third-order valence-corrected chi connectivity index (χ3v) is 3.19. The van der Waals surface area contributed by atoms with Crippen LogP contribution in [0.1, 0.15) is 31.2 Å². The van der Waals surface area contributed by atoms with Gasteiger partial charge in [0, 0.05) is 13.1 Å². The van der Waals surface area contributed by atoms with Crippen molar-refractivity contribution in [3.63, 3.8) is 0 Å². The molecule has 1 aromatic heterocycles. The smallest absolute Gasteiger partial charge is 0.384 e. The van der Waals surface area contributed by atoms with Crippen LogP contribution in [0.4, 0.5) is 0 Å². The molecule has 0 saturated carbocycles. The van der Waals surface area contributed by atoms with Crippen molar-refractivity contribution in [3.8, 4) is 5.88 Å². The lowest BCUT2D eigenvalue weighted by Crippen LogP contribution is -2.32. The third kappa shape index (κ3) is 2.01. The minimum atomic E-state index is -0.923. The molecule has 22 heavy (non-hydrogen) atoms. The molecular weight excluding hydrogens is 290 g/mol. The number of benzene rings is 1. The lowest BCUT2D eigenvalue weighted by atomic mass is 10.1. The number of aromatic nitrogens is 2. The number of ether oxygens (including phenoxy) is 1. The van der Waals surface area contributed by atoms with Gasteiger partial charge in [0.2, 0.25) is 5.88 Å². The Morgan fingerprint density at radius 1 is 1.14 bits per heavy atom. The zero-order chi connectivity index (χ0) is 15.9. The van der Waals surface area contributed by atoms with Crippen molar-refractivity contribution in [2.24, 2.45) is 7.05 Å². The summed E-state index contributed by atoms with van der Waals surface area (Å²) in [6, 6.07) is 7.58. The zero-order valence-electron chi connectivity index (χ0n) is 11.8. The standard InChI is InChI=1S/C14H11N3O5/c1-16-11(21-2)7-10(15-16)14(20)22-17-12(18)8-5-3-4-6-9(8)13(17)19/h3-7H,1-2H3. The number of methoxy groups -OCH3 is 1. The molecule has 8 nitrogen and oxygen atoms in total. The number of nitrogens with zero attached hydrogens (tertiary/aromatic N) is 3. The minimum absolute atomic E-state index is 0.0732. The Bertz CT molecular complexity index is 761. The number of amides is 2. The molecule has 1 aromatic carbocycles. The van der Waals surface area contributed by atoms with Crippen molar-refractivity contribution in [2.45, 2.75) is 0 Å². The summed E-state index contributed by atoms with van der Waals surface area (Å²) in [6.45, 7) is 0. The molecule has 0 unspecified atom stereocenters. The van der Waals surface area contributed by atoms with Gasteiger partial charge < -0.3 is 9.57 Å². The first-order valence-electron chi connectivity index (χ1n) is 6.31. The van der Waals surface area contributed by atoms with Crippen molar-refractivity contribution < 1.29 is 24.0 Å². The largest absolute Gasteiger partial charge is 0.481 e. The highest BCUT2D eigenvalue weighted by Crippen LogP contribution is 2.23. The quantitative estimate of drug-likeness (QED) is 0.779. The van der Waals surface area contributed by atoms with Gasteiger partial charge >= 0.3 is 5.97 Å². The van der Waals surface area contributed by atoms with Crippen molar-refractivity contribution in [1.29, 1.82) is 0 Å². The van der Waals surface area contributed by atoms with Crippen LogP contribution in [0.2, 0.25) is 0 Å². The van der Waals surface area contributed by atoms with Crippen LogP contribution in [0.15, 0.2) is 30.3 Å². The van der Waals surface area contributed by atoms with Crippen molar-refractivity contribution >= 4 is 17.8 Å². The van der Waals surface area contributed by atoms with Gasteiger partial charge in [-0.1, -0.05) is 17.2 Å². The van der Waals surface area contributed by atoms with Gasteiger partial charge in [0.15, 0.2) is 5.69 Å². The number of hydrogen-bond acceptors (Lipinski definition) is 6. The second-order valence-corrected chi connectivity index (χ2v) is 4.52. The Morgan fingerprint density at radius 3 is 2.23 bits per heavy atom. The lowest BCUT2D eigenvalue weighted by Gasteiger charge is -2.11. The van der Waals surface area contributed by atoms with E-state index in [4.69, 9.17) is 9.57 Å². The second-order valence-electron chi connectivity index (χ2n) is 4.52. The van der Waals surface area contributed by atoms with Gasteiger partial charge in [0.25, 0.3) is 11.8 Å². The van der Waals surface area contributed by atoms with E-state index in [0.717, 1.165) is 0 Å². The summed E-state index contributed by atoms with van der Waals surface area (Å²) in [5.41, 5.74) is 0.314. The molecule has 0 aliphatic carbocycles. The monoisotopic (exact) mass is 301 g/mol. The molecule has 1 aliphatic heterocycles. The van der Waals surface area contributed by atoms with Gasteiger partial charge in [0.05, 0.1) is 18.2 Å². The normalized spacial score (nSPS) is 13.3. The Labute approximate surface area is 124 Å². The number of carbonyl (C=O) groups is 3. The van der Waals surface area contributed by atoms with Gasteiger partial charge in [0.1, 0.15) is 0 Å². The molecule has 0 fully saturated rings. The number of rotatable bonds is 3. The van der Waals surface area contributed by atoms with Gasteiger partial charge in [-0.3, -0.25) is 9.59 Å². The molecule has 2 amide bonds. The summed E-state index contributed by atoms with van der Waals surface area (Å²) in [6.07, 6.45) is 0. The highest BCUT2D eigenvalue weighted by atomic mass is 16.7. The fourth-order valence-corrected chi connectivity index (χ4v) is 2.12. The first kappa shape index (κ1) is 13.8. The van der Waals surface area contributed by atoms with Crippen LogP contribution in [-0.2, 0) is 11.9 Å². The van der Waals surface area contributed by atoms with Crippen molar-refractivity contribution in [3.05, 3.63) is 47.2 Å². The summed E-state index contributed by atoms with van der Waals surface area (Å²) in [7, 11) is 3.01. The topological polar surface area (TPSA) is 90.7 Å². The van der Waals surface area contributed by atoms with E-state index in [9.17, 15) is 14.4 Å². The van der Waals surface area contributed by atoms with E-state index < -0.39 is 17.8 Å². The summed E-state index contributed by atoms with van der Waals surface area (Å²) in [4.78, 5) is 41.1. The van der Waals surface area contributed by atoms with Crippen LogP contribution in [0, 0.1) is 0 Å². The molecule has 0 atom stereocenters. The van der Waals surface area contributed by atoms with E-state index in [1.165, 1.54) is 30.0 Å². The SMILES string of the molecule is COc1cc(C(=O)ON2C(=O)c3ccccc3C2=O)nn1C. The fourth-order valence-electron chi connectivity index (χ4n) is 2.12. The molecule has 3 rings (SSSR count). The average molecular weight is 301 g/mol. The van der Waals surface area contributed by atoms with Crippen LogP contribution in [-0.4, -0.2) is 39.7 Å². The number of imide groups is 1. The molecular formula is C14H11N3O5. The van der Waals surface area contributed by atoms with Crippen LogP contribution in [0.5, 0.6) is 5.88 Å². The Kier molecular flexibility index (Phi) is 3.13. The molecule has 0 radical (unpaired) electrons. The van der Waals surface area contributed by atoms with Crippen LogP contribution < -0.4 is 4.74 Å². The van der Waals surface area contributed by atoms with E-state index in [-0.39, 0.29) is 16.8 Å². The predicted octanol–water partition coefficient (Wildman–Crippen LogP) is 0.797. The van der Waals surface area contributed by atoms with Gasteiger partial charge in [-0.25, -0.2) is 9.48 Å². The third-order valence-electron chi connectivity index (χ3n) is 3.19. The molecule has 0 spiro atoms. The van der Waals surface area contributed by atoms with E-state index in [2.05, 4.69) is 5.10 Å². The van der Waals surface area contributed by atoms with E-state index in [1.54, 1.807) is 19.2 Å². The van der Waals surface area contributed by atoms with E-state index in [0.29, 0.717) is 10.9 Å². The highest BCUT2D eigenvalue weighted by molar-refractivity contribution is 6.21. The first-order chi connectivity index (χ1) is 10.5. The molecule has 0 saturated heterocycles. The number of carbonyl (C=O) groups excluding carboxylic acids is 3. The lowest BCUT2D eigenvalue weighted by molar-refractivity contribution is -0.0588. The van der Waals surface area contributed by atoms with Gasteiger partial charge in [-0.05, 0) is 12.1 Å². The molecule has 1 aliphatic rings. The Balaban J connectivity index is 1.83. The second kappa shape index (κ2) is 4.99. The zero-order valence-corrected chi connectivity index (χ0v) is 11.8. The Hall–Kier alpha value is -3.16. The molecule has 112 valence electrons. The molecule has 0 bridgehead atoms. The number of fused-ring (bicyclic) bond motifs is 1. The van der Waals surface area contributed by atoms with Gasteiger partial charge in [-0.15, -0.1) is 0 Å². The summed E-state index contributed by atoms with van der Waals surface area (Å²) >= 11 is 0. The first-order valence-corrected chi connectivity index (χ1v) is 6.31. The summed E-state index contributed by atoms with van der Waals surface area (Å²) in [5.74, 6) is -1.95. The maximum atomic E-state index is 12.1. The summed E-state index contributed by atoms with van der Waals surface area (Å²) in [5, 5.41) is 4.33. The number of hydrogen-bond donors (Lipinski definition) is 0. The van der Waals surface area contributed by atoms with Crippen molar-refractivity contribution in [2.75, 3.05) is 7.11 Å². The summed E-state index contributed by atoms with van der Waals surface area (Å²) < 4.78 is 6.32. The van der Waals surface area contributed by atoms with E-state index in [1.807, 2.05) is 0 Å². The Morgan fingerprint density at radius 2 is 1.73 bits per heavy atom. The average Bonchev–Trinajstić information content (AvgIpc) is 3.01. The van der Waals surface area contributed by atoms with Crippen LogP contribution in [0.3, 0.4) is 0 Å². The van der Waals surface area contributed by atoms with Crippen LogP contribution >= 0.6 is 0 Å². The molecule has 0 N–H and O–H groups in total.